The average molecular weight is 1060 g/mol. The number of ether oxygens (including phenoxy) is 2. The Hall–Kier alpha value is -6.50. The molecule has 0 radical (unpaired) electrons. The van der Waals surface area contributed by atoms with Crippen molar-refractivity contribution in [3.8, 4) is 0 Å². The van der Waals surface area contributed by atoms with Crippen LogP contribution in [0.1, 0.15) is 123 Å². The molecule has 3 aromatic rings. The van der Waals surface area contributed by atoms with Crippen LogP contribution in [0.4, 0.5) is 4.79 Å². The molecule has 0 bridgehead atoms. The van der Waals surface area contributed by atoms with Crippen molar-refractivity contribution in [3.63, 3.8) is 0 Å². The highest BCUT2D eigenvalue weighted by Crippen LogP contribution is 2.27. The molecule has 3 rings (SSSR count). The highest BCUT2D eigenvalue weighted by molar-refractivity contribution is 6.03. The molecular formula is C58H85N7O11. The van der Waals surface area contributed by atoms with Crippen LogP contribution in [0.25, 0.3) is 0 Å². The quantitative estimate of drug-likeness (QED) is 0.0332. The SMILES string of the molecule is COC(=O)CCCCC(=O)N[C@H](C(=O)N(C(=O)[C@@H](N)C(C)C)C(Cc1ccccc1)C(O)C(Cc1ccccc1)N(C(=O)[C@@H](N)C(C)C)C(=O)[C@@H](NC(=O)CCCCCNC(=O)OCc1ccccc1)C(C)C)C(C)C. The van der Waals surface area contributed by atoms with E-state index in [0.717, 1.165) is 15.4 Å². The third kappa shape index (κ3) is 20.6. The van der Waals surface area contributed by atoms with Crippen molar-refractivity contribution in [2.24, 2.45) is 35.1 Å². The number of hydrogen-bond donors (Lipinski definition) is 6. The van der Waals surface area contributed by atoms with E-state index < -0.39 is 114 Å². The number of imide groups is 2. The molecule has 0 aromatic heterocycles. The molecule has 0 saturated carbocycles. The van der Waals surface area contributed by atoms with Crippen LogP contribution >= 0.6 is 0 Å². The summed E-state index contributed by atoms with van der Waals surface area (Å²) in [6, 6.07) is 18.6. The fourth-order valence-electron chi connectivity index (χ4n) is 8.49. The minimum Gasteiger partial charge on any atom is -0.469 e. The Kier molecular flexibility index (Phi) is 27.6. The van der Waals surface area contributed by atoms with Gasteiger partial charge in [-0.2, -0.15) is 0 Å². The van der Waals surface area contributed by atoms with Gasteiger partial charge in [-0.3, -0.25) is 43.4 Å². The number of carbonyl (C=O) groups excluding carboxylic acids is 8. The monoisotopic (exact) mass is 1060 g/mol. The van der Waals surface area contributed by atoms with Gasteiger partial charge in [0.15, 0.2) is 0 Å². The number of benzene rings is 3. The number of carbonyl (C=O) groups is 8. The van der Waals surface area contributed by atoms with Gasteiger partial charge in [0.1, 0.15) is 18.7 Å². The number of amides is 7. The van der Waals surface area contributed by atoms with Gasteiger partial charge in [0.2, 0.25) is 23.6 Å². The van der Waals surface area contributed by atoms with Crippen LogP contribution < -0.4 is 27.4 Å². The number of rotatable bonds is 31. The Balaban J connectivity index is 2.12. The highest BCUT2D eigenvalue weighted by Gasteiger charge is 2.48. The number of hydrogen-bond acceptors (Lipinski definition) is 13. The third-order valence-electron chi connectivity index (χ3n) is 13.3. The second-order valence-electron chi connectivity index (χ2n) is 20.8. The minimum atomic E-state index is -1.89. The van der Waals surface area contributed by atoms with Gasteiger partial charge in [0, 0.05) is 25.8 Å². The molecule has 7 amide bonds. The Labute approximate surface area is 449 Å². The fraction of sp³-hybridized carbons (Fsp3) is 0.552. The standard InChI is InChI=1S/C58H85N7O11/c1-37(2)49(59)54(70)64(56(72)51(39(5)6)62-46(66)30-20-13-23-33-61-58(74)76-36-43-28-18-12-19-29-43)44(34-41-24-14-10-15-25-41)53(69)45(35-42-26-16-11-17-27-42)65(55(71)50(60)38(3)4)57(73)52(40(7)8)63-47(67)31-21-22-32-48(68)75-9/h10-12,14-19,24-29,37-40,44-45,49-53,69H,13,20-23,30-36,59-60H2,1-9H3,(H,61,74)(H,62,66)(H,63,67)/t44?,45?,49-,50-,51-,52-,53?/m0/s1. The number of unbranched alkanes of at least 4 members (excludes halogenated alkanes) is 3. The molecule has 18 heteroatoms. The number of methoxy groups -OCH3 is 1. The Morgan fingerprint density at radius 3 is 1.28 bits per heavy atom. The van der Waals surface area contributed by atoms with Crippen molar-refractivity contribution in [1.29, 1.82) is 0 Å². The van der Waals surface area contributed by atoms with E-state index in [4.69, 9.17) is 20.9 Å². The van der Waals surface area contributed by atoms with Gasteiger partial charge >= 0.3 is 12.1 Å². The summed E-state index contributed by atoms with van der Waals surface area (Å²) in [5.74, 6) is -7.06. The molecule has 418 valence electrons. The lowest BCUT2D eigenvalue weighted by Crippen LogP contribution is -2.68. The zero-order valence-corrected chi connectivity index (χ0v) is 46.1. The van der Waals surface area contributed by atoms with Crippen molar-refractivity contribution in [3.05, 3.63) is 108 Å². The molecule has 3 unspecified atom stereocenters. The number of nitrogens with two attached hydrogens (primary N) is 2. The molecule has 3 aromatic carbocycles. The van der Waals surface area contributed by atoms with Crippen LogP contribution in [-0.2, 0) is 62.5 Å². The van der Waals surface area contributed by atoms with E-state index in [1.165, 1.54) is 7.11 Å². The Morgan fingerprint density at radius 2 is 0.895 bits per heavy atom. The molecule has 8 N–H and O–H groups in total. The third-order valence-corrected chi connectivity index (χ3v) is 13.3. The molecule has 0 saturated heterocycles. The first-order valence-electron chi connectivity index (χ1n) is 26.7. The van der Waals surface area contributed by atoms with Crippen LogP contribution in [0.3, 0.4) is 0 Å². The zero-order chi connectivity index (χ0) is 56.5. The molecule has 7 atom stereocenters. The molecule has 0 spiro atoms. The molecule has 0 heterocycles. The number of nitrogens with zero attached hydrogens (tertiary/aromatic N) is 2. The van der Waals surface area contributed by atoms with Gasteiger partial charge in [0.05, 0.1) is 37.4 Å². The Bertz CT molecular complexity index is 2300. The molecule has 0 fully saturated rings. The maximum absolute atomic E-state index is 15.5. The fourth-order valence-corrected chi connectivity index (χ4v) is 8.49. The van der Waals surface area contributed by atoms with Gasteiger partial charge in [-0.1, -0.05) is 153 Å². The summed E-state index contributed by atoms with van der Waals surface area (Å²) in [5.41, 5.74) is 15.3. The zero-order valence-electron chi connectivity index (χ0n) is 46.1. The first kappa shape index (κ1) is 63.8. The predicted molar refractivity (Wildman–Crippen MR) is 290 cm³/mol. The summed E-state index contributed by atoms with van der Waals surface area (Å²) in [7, 11) is 1.27. The molecular weight excluding hydrogens is 971 g/mol. The van der Waals surface area contributed by atoms with E-state index in [1.54, 1.807) is 116 Å². The smallest absolute Gasteiger partial charge is 0.407 e. The first-order valence-corrected chi connectivity index (χ1v) is 26.7. The summed E-state index contributed by atoms with van der Waals surface area (Å²) in [5, 5.41) is 21.7. The van der Waals surface area contributed by atoms with E-state index in [0.29, 0.717) is 49.8 Å². The van der Waals surface area contributed by atoms with Crippen LogP contribution in [0, 0.1) is 23.7 Å². The van der Waals surface area contributed by atoms with Gasteiger partial charge in [-0.05, 0) is 78.9 Å². The maximum Gasteiger partial charge on any atom is 0.407 e. The molecule has 0 aliphatic rings. The normalized spacial score (nSPS) is 14.2. The van der Waals surface area contributed by atoms with E-state index in [-0.39, 0.29) is 38.7 Å². The topological polar surface area (TPSA) is 270 Å². The summed E-state index contributed by atoms with van der Waals surface area (Å²) in [6.07, 6.45) is -0.571. The number of aliphatic hydroxyl groups excluding tert-OH is 1. The Morgan fingerprint density at radius 1 is 0.513 bits per heavy atom. The lowest BCUT2D eigenvalue weighted by Gasteiger charge is -2.44. The lowest BCUT2D eigenvalue weighted by molar-refractivity contribution is -0.161. The molecule has 0 aliphatic carbocycles. The van der Waals surface area contributed by atoms with Gasteiger partial charge in [-0.15, -0.1) is 0 Å². The predicted octanol–water partition coefficient (Wildman–Crippen LogP) is 5.75. The minimum absolute atomic E-state index is 0.0139. The lowest BCUT2D eigenvalue weighted by atomic mass is 9.87. The molecule has 18 nitrogen and oxygen atoms in total. The van der Waals surface area contributed by atoms with Crippen LogP contribution in [0.5, 0.6) is 0 Å². The number of esters is 1. The van der Waals surface area contributed by atoms with Gasteiger partial charge in [-0.25, -0.2) is 4.79 Å². The highest BCUT2D eigenvalue weighted by atomic mass is 16.5. The summed E-state index contributed by atoms with van der Waals surface area (Å²) < 4.78 is 9.99. The average Bonchev–Trinajstić information content (AvgIpc) is 3.40. The molecule has 0 aliphatic heterocycles. The summed E-state index contributed by atoms with van der Waals surface area (Å²) in [6.45, 7) is 14.1. The number of nitrogens with one attached hydrogen (secondary N) is 3. The second-order valence-corrected chi connectivity index (χ2v) is 20.8. The van der Waals surface area contributed by atoms with Crippen molar-refractivity contribution in [2.45, 2.75) is 169 Å². The van der Waals surface area contributed by atoms with Gasteiger partial charge in [0.25, 0.3) is 11.8 Å². The van der Waals surface area contributed by atoms with Gasteiger partial charge < -0.3 is 42.0 Å². The van der Waals surface area contributed by atoms with Crippen LogP contribution in [-0.4, -0.2) is 118 Å². The van der Waals surface area contributed by atoms with Crippen molar-refractivity contribution in [1.82, 2.24) is 25.8 Å². The second kappa shape index (κ2) is 32.8. The van der Waals surface area contributed by atoms with E-state index in [1.807, 2.05) is 30.3 Å². The summed E-state index contributed by atoms with van der Waals surface area (Å²) in [4.78, 5) is 114. The van der Waals surface area contributed by atoms with Crippen molar-refractivity contribution >= 4 is 47.5 Å². The van der Waals surface area contributed by atoms with Crippen LogP contribution in [0.2, 0.25) is 0 Å². The van der Waals surface area contributed by atoms with Crippen molar-refractivity contribution < 1.29 is 52.9 Å². The molecule has 76 heavy (non-hydrogen) atoms. The maximum atomic E-state index is 15.5. The summed E-state index contributed by atoms with van der Waals surface area (Å²) >= 11 is 0. The number of alkyl carbamates (subject to hydrolysis) is 1. The van der Waals surface area contributed by atoms with E-state index in [2.05, 4.69) is 16.0 Å². The van der Waals surface area contributed by atoms with Crippen LogP contribution in [0.15, 0.2) is 91.0 Å². The number of aliphatic hydroxyl groups is 1. The largest absolute Gasteiger partial charge is 0.469 e. The first-order chi connectivity index (χ1) is 36.1. The van der Waals surface area contributed by atoms with E-state index in [9.17, 15) is 24.3 Å². The van der Waals surface area contributed by atoms with E-state index >= 15 is 19.2 Å². The van der Waals surface area contributed by atoms with Crippen molar-refractivity contribution in [2.75, 3.05) is 13.7 Å².